The summed E-state index contributed by atoms with van der Waals surface area (Å²) in [4.78, 5) is 0. The van der Waals surface area contributed by atoms with E-state index in [9.17, 15) is 0 Å². The first kappa shape index (κ1) is 12.2. The molecule has 2 atom stereocenters. The number of fused-ring (bicyclic) bond motifs is 1. The van der Waals surface area contributed by atoms with E-state index >= 15 is 0 Å². The molecule has 2 aromatic rings. The predicted molar refractivity (Wildman–Crippen MR) is 72.4 cm³/mol. The van der Waals surface area contributed by atoms with Gasteiger partial charge in [0.05, 0.1) is 0 Å². The van der Waals surface area contributed by atoms with Gasteiger partial charge in [0.2, 0.25) is 0 Å². The minimum atomic E-state index is 0.455. The topological polar surface area (TPSA) is 25.2 Å². The summed E-state index contributed by atoms with van der Waals surface area (Å²) in [6.45, 7) is 7.62. The number of benzene rings is 1. The van der Waals surface area contributed by atoms with Gasteiger partial charge in [0.15, 0.2) is 0 Å². The number of nitrogens with one attached hydrogen (secondary N) is 1. The molecule has 2 rings (SSSR count). The smallest absolute Gasteiger partial charge is 0.134 e. The van der Waals surface area contributed by atoms with E-state index in [0.29, 0.717) is 12.0 Å². The minimum Gasteiger partial charge on any atom is -0.461 e. The Hall–Kier alpha value is -1.28. The van der Waals surface area contributed by atoms with Crippen molar-refractivity contribution >= 4 is 11.0 Å². The van der Waals surface area contributed by atoms with Gasteiger partial charge in [-0.25, -0.2) is 0 Å². The lowest BCUT2D eigenvalue weighted by atomic mass is 10.00. The molecule has 0 amide bonds. The third-order valence-corrected chi connectivity index (χ3v) is 3.19. The molecule has 0 fully saturated rings. The van der Waals surface area contributed by atoms with Crippen LogP contribution in [0.5, 0.6) is 0 Å². The van der Waals surface area contributed by atoms with E-state index < -0.39 is 0 Å². The third-order valence-electron chi connectivity index (χ3n) is 3.19. The maximum atomic E-state index is 5.88. The van der Waals surface area contributed by atoms with Gasteiger partial charge in [-0.15, -0.1) is 0 Å². The van der Waals surface area contributed by atoms with Crippen LogP contribution in [0.15, 0.2) is 34.7 Å². The molecule has 1 heterocycles. The summed E-state index contributed by atoms with van der Waals surface area (Å²) >= 11 is 0. The fourth-order valence-corrected chi connectivity index (χ4v) is 2.32. The summed E-state index contributed by atoms with van der Waals surface area (Å²) in [5.41, 5.74) is 0.991. The van der Waals surface area contributed by atoms with Crippen molar-refractivity contribution in [2.24, 2.45) is 0 Å². The number of para-hydroxylation sites is 1. The lowest BCUT2D eigenvalue weighted by molar-refractivity contribution is 0.434. The van der Waals surface area contributed by atoms with Crippen LogP contribution in [0, 0.1) is 0 Å². The summed E-state index contributed by atoms with van der Waals surface area (Å²) in [5, 5.41) is 4.64. The van der Waals surface area contributed by atoms with Crippen molar-refractivity contribution in [2.45, 2.75) is 39.2 Å². The third kappa shape index (κ3) is 2.89. The van der Waals surface area contributed by atoms with Crippen LogP contribution in [0.25, 0.3) is 11.0 Å². The van der Waals surface area contributed by atoms with Crippen molar-refractivity contribution in [2.75, 3.05) is 6.54 Å². The summed E-state index contributed by atoms with van der Waals surface area (Å²) in [7, 11) is 0. The molecule has 0 radical (unpaired) electrons. The van der Waals surface area contributed by atoms with Crippen molar-refractivity contribution in [3.63, 3.8) is 0 Å². The highest BCUT2D eigenvalue weighted by molar-refractivity contribution is 5.77. The Bertz CT molecular complexity index is 441. The molecule has 1 aromatic heterocycles. The Kier molecular flexibility index (Phi) is 3.85. The quantitative estimate of drug-likeness (QED) is 0.843. The fraction of sp³-hybridized carbons (Fsp3) is 0.467. The molecule has 2 nitrogen and oxygen atoms in total. The molecule has 0 spiro atoms. The summed E-state index contributed by atoms with van der Waals surface area (Å²) in [5.74, 6) is 1.55. The van der Waals surface area contributed by atoms with Crippen LogP contribution in [-0.4, -0.2) is 12.6 Å². The maximum absolute atomic E-state index is 5.88. The molecule has 0 aliphatic heterocycles. The van der Waals surface area contributed by atoms with Crippen molar-refractivity contribution in [1.82, 2.24) is 5.32 Å². The molecule has 1 N–H and O–H groups in total. The van der Waals surface area contributed by atoms with Gasteiger partial charge in [-0.1, -0.05) is 32.0 Å². The maximum Gasteiger partial charge on any atom is 0.134 e. The van der Waals surface area contributed by atoms with E-state index in [1.807, 2.05) is 18.2 Å². The van der Waals surface area contributed by atoms with Crippen LogP contribution in [0.1, 0.15) is 38.9 Å². The lowest BCUT2D eigenvalue weighted by Gasteiger charge is -2.15. The molecule has 0 saturated heterocycles. The number of hydrogen-bond donors (Lipinski definition) is 1. The van der Waals surface area contributed by atoms with E-state index in [4.69, 9.17) is 4.42 Å². The number of rotatable bonds is 5. The van der Waals surface area contributed by atoms with Crippen molar-refractivity contribution in [1.29, 1.82) is 0 Å². The largest absolute Gasteiger partial charge is 0.461 e. The Labute approximate surface area is 103 Å². The highest BCUT2D eigenvalue weighted by atomic mass is 16.3. The fourth-order valence-electron chi connectivity index (χ4n) is 2.32. The van der Waals surface area contributed by atoms with Gasteiger partial charge in [-0.2, -0.15) is 0 Å². The molecular formula is C15H21NO. The second kappa shape index (κ2) is 5.37. The Balaban J connectivity index is 2.10. The summed E-state index contributed by atoms with van der Waals surface area (Å²) in [6.07, 6.45) is 1.10. The summed E-state index contributed by atoms with van der Waals surface area (Å²) < 4.78 is 5.88. The van der Waals surface area contributed by atoms with Crippen LogP contribution in [0.4, 0.5) is 0 Å². The van der Waals surface area contributed by atoms with Crippen LogP contribution < -0.4 is 5.32 Å². The van der Waals surface area contributed by atoms with Crippen molar-refractivity contribution < 1.29 is 4.42 Å². The average molecular weight is 231 g/mol. The van der Waals surface area contributed by atoms with E-state index in [1.165, 1.54) is 5.39 Å². The van der Waals surface area contributed by atoms with Gasteiger partial charge in [0.1, 0.15) is 11.3 Å². The SMILES string of the molecule is CCNC(C)CC(C)c1cc2ccccc2o1. The Morgan fingerprint density at radius 3 is 2.71 bits per heavy atom. The zero-order valence-electron chi connectivity index (χ0n) is 10.9. The Morgan fingerprint density at radius 2 is 2.00 bits per heavy atom. The first-order valence-electron chi connectivity index (χ1n) is 6.42. The van der Waals surface area contributed by atoms with E-state index in [-0.39, 0.29) is 0 Å². The van der Waals surface area contributed by atoms with Gasteiger partial charge in [-0.3, -0.25) is 0 Å². The molecule has 0 aliphatic rings. The van der Waals surface area contributed by atoms with Gasteiger partial charge in [0.25, 0.3) is 0 Å². The van der Waals surface area contributed by atoms with Crippen molar-refractivity contribution in [3.8, 4) is 0 Å². The zero-order valence-corrected chi connectivity index (χ0v) is 10.9. The van der Waals surface area contributed by atoms with Crippen LogP contribution in [-0.2, 0) is 0 Å². The molecule has 2 unspecified atom stereocenters. The van der Waals surface area contributed by atoms with E-state index in [1.54, 1.807) is 0 Å². The zero-order chi connectivity index (χ0) is 12.3. The van der Waals surface area contributed by atoms with Gasteiger partial charge >= 0.3 is 0 Å². The van der Waals surface area contributed by atoms with Crippen LogP contribution in [0.3, 0.4) is 0 Å². The van der Waals surface area contributed by atoms with Gasteiger partial charge < -0.3 is 9.73 Å². The van der Waals surface area contributed by atoms with Crippen molar-refractivity contribution in [3.05, 3.63) is 36.1 Å². The lowest BCUT2D eigenvalue weighted by Crippen LogP contribution is -2.26. The number of furan rings is 1. The van der Waals surface area contributed by atoms with Gasteiger partial charge in [-0.05, 0) is 32.0 Å². The van der Waals surface area contributed by atoms with Crippen LogP contribution in [0.2, 0.25) is 0 Å². The first-order chi connectivity index (χ1) is 8.20. The summed E-state index contributed by atoms with van der Waals surface area (Å²) in [6, 6.07) is 10.9. The second-order valence-corrected chi connectivity index (χ2v) is 4.78. The molecular weight excluding hydrogens is 210 g/mol. The predicted octanol–water partition coefficient (Wildman–Crippen LogP) is 3.92. The normalized spacial score (nSPS) is 15.0. The average Bonchev–Trinajstić information content (AvgIpc) is 2.72. The Morgan fingerprint density at radius 1 is 1.24 bits per heavy atom. The van der Waals surface area contributed by atoms with Gasteiger partial charge in [0, 0.05) is 17.3 Å². The molecule has 1 aromatic carbocycles. The molecule has 92 valence electrons. The second-order valence-electron chi connectivity index (χ2n) is 4.78. The number of hydrogen-bond acceptors (Lipinski definition) is 2. The molecule has 0 bridgehead atoms. The molecule has 0 saturated carbocycles. The standard InChI is InChI=1S/C15H21NO/c1-4-16-12(3)9-11(2)15-10-13-7-5-6-8-14(13)17-15/h5-8,10-12,16H,4,9H2,1-3H3. The molecule has 17 heavy (non-hydrogen) atoms. The van der Waals surface area contributed by atoms with Crippen LogP contribution >= 0.6 is 0 Å². The highest BCUT2D eigenvalue weighted by Gasteiger charge is 2.14. The molecule has 2 heteroatoms. The minimum absolute atomic E-state index is 0.455. The van der Waals surface area contributed by atoms with E-state index in [0.717, 1.165) is 24.3 Å². The van der Waals surface area contributed by atoms with E-state index in [2.05, 4.69) is 38.2 Å². The monoisotopic (exact) mass is 231 g/mol. The first-order valence-corrected chi connectivity index (χ1v) is 6.42. The highest BCUT2D eigenvalue weighted by Crippen LogP contribution is 2.27. The molecule has 0 aliphatic carbocycles.